The van der Waals surface area contributed by atoms with Gasteiger partial charge in [-0.2, -0.15) is 0 Å². The van der Waals surface area contributed by atoms with E-state index in [-0.39, 0.29) is 23.2 Å². The number of aromatic nitrogens is 1. The maximum Gasteiger partial charge on any atom is 0.274 e. The van der Waals surface area contributed by atoms with E-state index in [2.05, 4.69) is 27.4 Å². The standard InChI is InChI=1S/C22H28N4O3/c1-2-3-6-12-23-21(27)18-9-7-10-19(24-18)22(28)25-17-8-4-5-11-20(17)26-13-15-29-16-14-26/h4-5,7-11H,2-3,6,12-16H2,1H3,(H,23,27)(H,25,28). The first-order valence-corrected chi connectivity index (χ1v) is 10.2. The summed E-state index contributed by atoms with van der Waals surface area (Å²) in [5.41, 5.74) is 2.13. The van der Waals surface area contributed by atoms with E-state index in [1.807, 2.05) is 24.3 Å². The van der Waals surface area contributed by atoms with Crippen molar-refractivity contribution in [3.8, 4) is 0 Å². The molecule has 2 aromatic rings. The molecule has 1 saturated heterocycles. The monoisotopic (exact) mass is 396 g/mol. The third-order valence-electron chi connectivity index (χ3n) is 4.78. The summed E-state index contributed by atoms with van der Waals surface area (Å²) in [7, 11) is 0. The number of pyridine rings is 1. The van der Waals surface area contributed by atoms with Crippen LogP contribution in [0.2, 0.25) is 0 Å². The molecule has 3 rings (SSSR count). The third kappa shape index (κ3) is 5.77. The van der Waals surface area contributed by atoms with Crippen molar-refractivity contribution < 1.29 is 14.3 Å². The molecule has 1 aromatic heterocycles. The Morgan fingerprint density at radius 1 is 1.00 bits per heavy atom. The van der Waals surface area contributed by atoms with E-state index in [1.165, 1.54) is 0 Å². The van der Waals surface area contributed by atoms with Crippen LogP contribution in [0.15, 0.2) is 42.5 Å². The number of amides is 2. The lowest BCUT2D eigenvalue weighted by Crippen LogP contribution is -2.36. The summed E-state index contributed by atoms with van der Waals surface area (Å²) in [5, 5.41) is 5.78. The fourth-order valence-electron chi connectivity index (χ4n) is 3.20. The quantitative estimate of drug-likeness (QED) is 0.670. The first-order chi connectivity index (χ1) is 14.2. The van der Waals surface area contributed by atoms with Crippen molar-refractivity contribution in [3.05, 3.63) is 53.9 Å². The Bertz CT molecular complexity index is 834. The molecule has 2 heterocycles. The predicted octanol–water partition coefficient (Wildman–Crippen LogP) is 3.09. The molecule has 7 nitrogen and oxygen atoms in total. The Labute approximate surface area is 171 Å². The van der Waals surface area contributed by atoms with E-state index in [9.17, 15) is 9.59 Å². The molecular formula is C22H28N4O3. The van der Waals surface area contributed by atoms with Crippen molar-refractivity contribution in [1.29, 1.82) is 0 Å². The highest BCUT2D eigenvalue weighted by Gasteiger charge is 2.17. The van der Waals surface area contributed by atoms with Gasteiger partial charge < -0.3 is 20.3 Å². The molecule has 29 heavy (non-hydrogen) atoms. The number of unbranched alkanes of at least 4 members (excludes halogenated alkanes) is 2. The van der Waals surface area contributed by atoms with Crippen LogP contribution < -0.4 is 15.5 Å². The predicted molar refractivity (Wildman–Crippen MR) is 114 cm³/mol. The molecule has 0 radical (unpaired) electrons. The van der Waals surface area contributed by atoms with Gasteiger partial charge in [-0.1, -0.05) is 38.0 Å². The Hall–Kier alpha value is -2.93. The molecule has 1 fully saturated rings. The van der Waals surface area contributed by atoms with Crippen LogP contribution >= 0.6 is 0 Å². The lowest BCUT2D eigenvalue weighted by atomic mass is 10.2. The Morgan fingerprint density at radius 3 is 2.48 bits per heavy atom. The molecule has 0 saturated carbocycles. The van der Waals surface area contributed by atoms with Crippen LogP contribution in [-0.2, 0) is 4.74 Å². The Balaban J connectivity index is 1.68. The van der Waals surface area contributed by atoms with Gasteiger partial charge in [0.1, 0.15) is 11.4 Å². The number of ether oxygens (including phenoxy) is 1. The van der Waals surface area contributed by atoms with Gasteiger partial charge in [0.05, 0.1) is 24.6 Å². The van der Waals surface area contributed by atoms with Crippen molar-refractivity contribution in [2.24, 2.45) is 0 Å². The number of carbonyl (C=O) groups excluding carboxylic acids is 2. The zero-order valence-corrected chi connectivity index (χ0v) is 16.8. The third-order valence-corrected chi connectivity index (χ3v) is 4.78. The summed E-state index contributed by atoms with van der Waals surface area (Å²) < 4.78 is 5.41. The van der Waals surface area contributed by atoms with Crippen LogP contribution in [0.3, 0.4) is 0 Å². The first-order valence-electron chi connectivity index (χ1n) is 10.2. The summed E-state index contributed by atoms with van der Waals surface area (Å²) in [5.74, 6) is -0.601. The van der Waals surface area contributed by atoms with Crippen molar-refractivity contribution in [1.82, 2.24) is 10.3 Å². The van der Waals surface area contributed by atoms with Gasteiger partial charge in [0, 0.05) is 19.6 Å². The van der Waals surface area contributed by atoms with E-state index >= 15 is 0 Å². The molecule has 0 bridgehead atoms. The van der Waals surface area contributed by atoms with Gasteiger partial charge in [-0.05, 0) is 30.7 Å². The van der Waals surface area contributed by atoms with E-state index in [1.54, 1.807) is 18.2 Å². The summed E-state index contributed by atoms with van der Waals surface area (Å²) in [6.45, 7) is 5.61. The maximum atomic E-state index is 12.8. The average Bonchev–Trinajstić information content (AvgIpc) is 2.77. The van der Waals surface area contributed by atoms with Gasteiger partial charge >= 0.3 is 0 Å². The molecular weight excluding hydrogens is 368 g/mol. The normalized spacial score (nSPS) is 13.8. The first kappa shape index (κ1) is 20.8. The van der Waals surface area contributed by atoms with Crippen LogP contribution in [0, 0.1) is 0 Å². The van der Waals surface area contributed by atoms with Gasteiger partial charge in [-0.3, -0.25) is 9.59 Å². The fourth-order valence-corrected chi connectivity index (χ4v) is 3.20. The molecule has 1 aliphatic rings. The minimum atomic E-state index is -0.341. The Kier molecular flexibility index (Phi) is 7.58. The summed E-state index contributed by atoms with van der Waals surface area (Å²) >= 11 is 0. The van der Waals surface area contributed by atoms with Crippen LogP contribution in [0.4, 0.5) is 11.4 Å². The van der Waals surface area contributed by atoms with Crippen molar-refractivity contribution in [3.63, 3.8) is 0 Å². The molecule has 0 atom stereocenters. The highest BCUT2D eigenvalue weighted by Crippen LogP contribution is 2.26. The lowest BCUT2D eigenvalue weighted by Gasteiger charge is -2.30. The number of anilines is 2. The van der Waals surface area contributed by atoms with Crippen LogP contribution in [0.1, 0.15) is 47.2 Å². The van der Waals surface area contributed by atoms with Gasteiger partial charge in [-0.25, -0.2) is 4.98 Å². The summed E-state index contributed by atoms with van der Waals surface area (Å²) in [4.78, 5) is 31.5. The summed E-state index contributed by atoms with van der Waals surface area (Å²) in [6, 6.07) is 12.6. The summed E-state index contributed by atoms with van der Waals surface area (Å²) in [6.07, 6.45) is 3.09. The maximum absolute atomic E-state index is 12.8. The van der Waals surface area contributed by atoms with E-state index < -0.39 is 0 Å². The number of rotatable bonds is 8. The highest BCUT2D eigenvalue weighted by molar-refractivity contribution is 6.05. The smallest absolute Gasteiger partial charge is 0.274 e. The number of carbonyl (C=O) groups is 2. The SMILES string of the molecule is CCCCCNC(=O)c1cccc(C(=O)Nc2ccccc2N2CCOCC2)n1. The molecule has 2 amide bonds. The number of para-hydroxylation sites is 2. The molecule has 154 valence electrons. The molecule has 1 aromatic carbocycles. The second kappa shape index (κ2) is 10.6. The minimum Gasteiger partial charge on any atom is -0.378 e. The molecule has 2 N–H and O–H groups in total. The molecule has 1 aliphatic heterocycles. The Morgan fingerprint density at radius 2 is 1.72 bits per heavy atom. The topological polar surface area (TPSA) is 83.6 Å². The van der Waals surface area contributed by atoms with Crippen LogP contribution in [-0.4, -0.2) is 49.6 Å². The fraction of sp³-hybridized carbons (Fsp3) is 0.409. The van der Waals surface area contributed by atoms with E-state index in [0.29, 0.717) is 19.8 Å². The number of morpholine rings is 1. The van der Waals surface area contributed by atoms with Crippen LogP contribution in [0.25, 0.3) is 0 Å². The number of hydrogen-bond acceptors (Lipinski definition) is 5. The zero-order valence-electron chi connectivity index (χ0n) is 16.8. The lowest BCUT2D eigenvalue weighted by molar-refractivity contribution is 0.0947. The molecule has 0 spiro atoms. The molecule has 7 heteroatoms. The van der Waals surface area contributed by atoms with Crippen molar-refractivity contribution in [2.75, 3.05) is 43.1 Å². The second-order valence-electron chi connectivity index (χ2n) is 6.94. The van der Waals surface area contributed by atoms with Gasteiger partial charge in [0.15, 0.2) is 0 Å². The zero-order chi connectivity index (χ0) is 20.5. The van der Waals surface area contributed by atoms with Crippen molar-refractivity contribution in [2.45, 2.75) is 26.2 Å². The average molecular weight is 396 g/mol. The van der Waals surface area contributed by atoms with E-state index in [0.717, 1.165) is 43.7 Å². The van der Waals surface area contributed by atoms with E-state index in [4.69, 9.17) is 4.74 Å². The van der Waals surface area contributed by atoms with Gasteiger partial charge in [0.25, 0.3) is 11.8 Å². The molecule has 0 unspecified atom stereocenters. The van der Waals surface area contributed by atoms with Gasteiger partial charge in [-0.15, -0.1) is 0 Å². The highest BCUT2D eigenvalue weighted by atomic mass is 16.5. The van der Waals surface area contributed by atoms with Crippen molar-refractivity contribution >= 4 is 23.2 Å². The molecule has 0 aliphatic carbocycles. The number of hydrogen-bond donors (Lipinski definition) is 2. The second-order valence-corrected chi connectivity index (χ2v) is 6.94. The van der Waals surface area contributed by atoms with Crippen LogP contribution in [0.5, 0.6) is 0 Å². The van der Waals surface area contributed by atoms with Gasteiger partial charge in [0.2, 0.25) is 0 Å². The minimum absolute atomic E-state index is 0.211. The largest absolute Gasteiger partial charge is 0.378 e. The number of nitrogens with one attached hydrogen (secondary N) is 2. The number of benzene rings is 1. The number of nitrogens with zero attached hydrogens (tertiary/aromatic N) is 2.